The Morgan fingerprint density at radius 2 is 2.14 bits per heavy atom. The fourth-order valence-corrected chi connectivity index (χ4v) is 3.76. The number of nitrogens with zero attached hydrogens (tertiary/aromatic N) is 2. The second kappa shape index (κ2) is 6.64. The Bertz CT molecular complexity index is 564. The zero-order valence-electron chi connectivity index (χ0n) is 12.1. The molecule has 1 saturated carbocycles. The summed E-state index contributed by atoms with van der Waals surface area (Å²) >= 11 is 1.63. The average molecular weight is 303 g/mol. The summed E-state index contributed by atoms with van der Waals surface area (Å²) in [4.78, 5) is 8.95. The summed E-state index contributed by atoms with van der Waals surface area (Å²) in [5.41, 5.74) is 2.07. The molecule has 0 radical (unpaired) electrons. The Hall–Kier alpha value is -1.30. The van der Waals surface area contributed by atoms with Crippen LogP contribution in [0.1, 0.15) is 31.4 Å². The number of aliphatic hydroxyl groups excluding tert-OH is 1. The fraction of sp³-hybridized carbons (Fsp3) is 0.500. The van der Waals surface area contributed by atoms with Gasteiger partial charge in [0.15, 0.2) is 0 Å². The molecule has 1 aliphatic carbocycles. The van der Waals surface area contributed by atoms with Gasteiger partial charge in [-0.3, -0.25) is 4.98 Å². The van der Waals surface area contributed by atoms with Gasteiger partial charge in [-0.1, -0.05) is 18.9 Å². The van der Waals surface area contributed by atoms with Gasteiger partial charge >= 0.3 is 0 Å². The zero-order chi connectivity index (χ0) is 14.5. The van der Waals surface area contributed by atoms with Gasteiger partial charge in [0.2, 0.25) is 0 Å². The number of hydrogen-bond acceptors (Lipinski definition) is 5. The van der Waals surface area contributed by atoms with Crippen LogP contribution in [0.2, 0.25) is 0 Å². The molecule has 0 saturated heterocycles. The normalized spacial score (nSPS) is 17.2. The smallest absolute Gasteiger partial charge is 0.142 e. The summed E-state index contributed by atoms with van der Waals surface area (Å²) in [6, 6.07) is 5.87. The van der Waals surface area contributed by atoms with Crippen LogP contribution < -0.4 is 5.32 Å². The molecule has 1 aliphatic rings. The van der Waals surface area contributed by atoms with E-state index in [2.05, 4.69) is 20.7 Å². The van der Waals surface area contributed by atoms with Crippen LogP contribution in [0.15, 0.2) is 29.8 Å². The van der Waals surface area contributed by atoms with Crippen molar-refractivity contribution in [2.24, 2.45) is 5.41 Å². The zero-order valence-corrected chi connectivity index (χ0v) is 12.9. The first-order chi connectivity index (χ1) is 10.3. The molecule has 2 aromatic heterocycles. The third-order valence-corrected chi connectivity index (χ3v) is 5.16. The molecular formula is C16H21N3OS. The van der Waals surface area contributed by atoms with Gasteiger partial charge in [0, 0.05) is 36.7 Å². The highest BCUT2D eigenvalue weighted by Gasteiger charge is 2.32. The van der Waals surface area contributed by atoms with Crippen LogP contribution in [0, 0.1) is 5.41 Å². The Balaban J connectivity index is 1.56. The van der Waals surface area contributed by atoms with Crippen LogP contribution in [0.3, 0.4) is 0 Å². The molecule has 112 valence electrons. The Morgan fingerprint density at radius 3 is 2.86 bits per heavy atom. The van der Waals surface area contributed by atoms with Crippen molar-refractivity contribution >= 4 is 11.3 Å². The van der Waals surface area contributed by atoms with Crippen molar-refractivity contribution in [3.63, 3.8) is 0 Å². The van der Waals surface area contributed by atoms with Crippen molar-refractivity contribution in [1.29, 1.82) is 0 Å². The third-order valence-electron chi connectivity index (χ3n) is 4.24. The fourth-order valence-electron chi connectivity index (χ4n) is 2.97. The van der Waals surface area contributed by atoms with Crippen LogP contribution in [-0.2, 0) is 6.54 Å². The van der Waals surface area contributed by atoms with Gasteiger partial charge in [-0.25, -0.2) is 4.98 Å². The minimum Gasteiger partial charge on any atom is -0.396 e. The van der Waals surface area contributed by atoms with Gasteiger partial charge in [-0.2, -0.15) is 0 Å². The molecule has 0 atom stereocenters. The molecule has 0 spiro atoms. The van der Waals surface area contributed by atoms with Crippen molar-refractivity contribution in [2.45, 2.75) is 32.2 Å². The number of thiazole rings is 1. The molecule has 4 nitrogen and oxygen atoms in total. The number of pyridine rings is 1. The van der Waals surface area contributed by atoms with Crippen LogP contribution in [0.4, 0.5) is 0 Å². The SMILES string of the molecule is OCC1(CNCc2csc(-c3ccccn3)n2)CCCC1. The van der Waals surface area contributed by atoms with Crippen LogP contribution in [0.25, 0.3) is 10.7 Å². The number of aliphatic hydroxyl groups is 1. The maximum Gasteiger partial charge on any atom is 0.142 e. The molecule has 21 heavy (non-hydrogen) atoms. The number of hydrogen-bond donors (Lipinski definition) is 2. The Kier molecular flexibility index (Phi) is 4.63. The minimum absolute atomic E-state index is 0.0971. The summed E-state index contributed by atoms with van der Waals surface area (Å²) in [5.74, 6) is 0. The van der Waals surface area contributed by atoms with Gasteiger partial charge in [0.1, 0.15) is 5.01 Å². The van der Waals surface area contributed by atoms with Crippen molar-refractivity contribution in [2.75, 3.05) is 13.2 Å². The number of nitrogens with one attached hydrogen (secondary N) is 1. The van der Waals surface area contributed by atoms with Crippen LogP contribution in [0.5, 0.6) is 0 Å². The number of aromatic nitrogens is 2. The lowest BCUT2D eigenvalue weighted by Crippen LogP contribution is -2.34. The molecule has 0 aromatic carbocycles. The topological polar surface area (TPSA) is 58.0 Å². The molecule has 3 rings (SSSR count). The number of rotatable bonds is 6. The van der Waals surface area contributed by atoms with Gasteiger partial charge < -0.3 is 10.4 Å². The molecule has 0 aliphatic heterocycles. The first kappa shape index (κ1) is 14.6. The average Bonchev–Trinajstić information content (AvgIpc) is 3.18. The Labute approximate surface area is 129 Å². The standard InChI is InChI=1S/C16H21N3OS/c20-12-16(6-2-3-7-16)11-17-9-13-10-21-15(19-13)14-5-1-4-8-18-14/h1,4-5,8,10,17,20H,2-3,6-7,9,11-12H2. The van der Waals surface area contributed by atoms with E-state index in [-0.39, 0.29) is 12.0 Å². The first-order valence-corrected chi connectivity index (χ1v) is 8.37. The third kappa shape index (κ3) is 3.48. The molecule has 2 aromatic rings. The second-order valence-corrected chi connectivity index (χ2v) is 6.69. The summed E-state index contributed by atoms with van der Waals surface area (Å²) in [5, 5.41) is 16.1. The monoisotopic (exact) mass is 303 g/mol. The van der Waals surface area contributed by atoms with E-state index in [1.54, 1.807) is 17.5 Å². The Morgan fingerprint density at radius 1 is 1.29 bits per heavy atom. The first-order valence-electron chi connectivity index (χ1n) is 7.49. The van der Waals surface area contributed by atoms with E-state index in [4.69, 9.17) is 0 Å². The van der Waals surface area contributed by atoms with E-state index in [0.717, 1.165) is 42.3 Å². The molecule has 2 N–H and O–H groups in total. The lowest BCUT2D eigenvalue weighted by atomic mass is 9.87. The van der Waals surface area contributed by atoms with E-state index in [1.165, 1.54) is 12.8 Å². The van der Waals surface area contributed by atoms with E-state index < -0.39 is 0 Å². The van der Waals surface area contributed by atoms with E-state index in [0.29, 0.717) is 0 Å². The minimum atomic E-state index is 0.0971. The quantitative estimate of drug-likeness (QED) is 0.861. The van der Waals surface area contributed by atoms with E-state index in [9.17, 15) is 5.11 Å². The van der Waals surface area contributed by atoms with Gasteiger partial charge in [0.05, 0.1) is 11.4 Å². The molecule has 0 bridgehead atoms. The van der Waals surface area contributed by atoms with Gasteiger partial charge in [-0.15, -0.1) is 11.3 Å². The lowest BCUT2D eigenvalue weighted by Gasteiger charge is -2.26. The van der Waals surface area contributed by atoms with Crippen LogP contribution >= 0.6 is 11.3 Å². The summed E-state index contributed by atoms with van der Waals surface area (Å²) in [6.45, 7) is 1.92. The van der Waals surface area contributed by atoms with E-state index in [1.807, 2.05) is 18.2 Å². The predicted octanol–water partition coefficient (Wildman–Crippen LogP) is 2.85. The molecule has 1 fully saturated rings. The molecule has 5 heteroatoms. The van der Waals surface area contributed by atoms with Crippen molar-refractivity contribution in [3.8, 4) is 10.7 Å². The molecular weight excluding hydrogens is 282 g/mol. The molecule has 0 amide bonds. The highest BCUT2D eigenvalue weighted by Crippen LogP contribution is 2.36. The maximum absolute atomic E-state index is 9.60. The van der Waals surface area contributed by atoms with Crippen molar-refractivity contribution < 1.29 is 5.11 Å². The van der Waals surface area contributed by atoms with Gasteiger partial charge in [-0.05, 0) is 25.0 Å². The lowest BCUT2D eigenvalue weighted by molar-refractivity contribution is 0.128. The predicted molar refractivity (Wildman–Crippen MR) is 85.0 cm³/mol. The van der Waals surface area contributed by atoms with Crippen molar-refractivity contribution in [3.05, 3.63) is 35.5 Å². The molecule has 2 heterocycles. The largest absolute Gasteiger partial charge is 0.396 e. The summed E-state index contributed by atoms with van der Waals surface area (Å²) in [7, 11) is 0. The second-order valence-electron chi connectivity index (χ2n) is 5.83. The highest BCUT2D eigenvalue weighted by atomic mass is 32.1. The summed E-state index contributed by atoms with van der Waals surface area (Å²) in [6.07, 6.45) is 6.53. The van der Waals surface area contributed by atoms with Crippen molar-refractivity contribution in [1.82, 2.24) is 15.3 Å². The summed E-state index contributed by atoms with van der Waals surface area (Å²) < 4.78 is 0. The highest BCUT2D eigenvalue weighted by molar-refractivity contribution is 7.13. The molecule has 0 unspecified atom stereocenters. The van der Waals surface area contributed by atoms with Gasteiger partial charge in [0.25, 0.3) is 0 Å². The van der Waals surface area contributed by atoms with Crippen LogP contribution in [-0.4, -0.2) is 28.2 Å². The maximum atomic E-state index is 9.60. The van der Waals surface area contributed by atoms with E-state index >= 15 is 0 Å².